The number of carbonyl (C=O) groups is 4. The zero-order chi connectivity index (χ0) is 14.6. The van der Waals surface area contributed by atoms with Crippen LogP contribution in [0.5, 0.6) is 0 Å². The average Bonchev–Trinajstić information content (AvgIpc) is 2.60. The minimum Gasteiger partial charge on any atom is -0.435 e. The van der Waals surface area contributed by atoms with E-state index >= 15 is 0 Å². The molecule has 8 nitrogen and oxygen atoms in total. The van der Waals surface area contributed by atoms with Crippen LogP contribution >= 0.6 is 0 Å². The van der Waals surface area contributed by atoms with E-state index in [0.717, 1.165) is 0 Å². The van der Waals surface area contributed by atoms with E-state index in [4.69, 9.17) is 4.74 Å². The van der Waals surface area contributed by atoms with Crippen LogP contribution in [0.25, 0.3) is 0 Å². The molecule has 0 saturated carbocycles. The van der Waals surface area contributed by atoms with Gasteiger partial charge in [-0.05, 0) is 20.8 Å². The van der Waals surface area contributed by atoms with Crippen molar-refractivity contribution in [3.63, 3.8) is 0 Å². The molecule has 0 aliphatic carbocycles. The summed E-state index contributed by atoms with van der Waals surface area (Å²) in [4.78, 5) is 50.1. The molecule has 1 saturated heterocycles. The van der Waals surface area contributed by atoms with Crippen LogP contribution in [0.15, 0.2) is 0 Å². The van der Waals surface area contributed by atoms with Crippen molar-refractivity contribution in [2.24, 2.45) is 0 Å². The highest BCUT2D eigenvalue weighted by Crippen LogP contribution is 2.18. The van der Waals surface area contributed by atoms with Gasteiger partial charge >= 0.3 is 12.1 Å². The maximum Gasteiger partial charge on any atom is 0.509 e. The topological polar surface area (TPSA) is 99.2 Å². The Morgan fingerprint density at radius 1 is 1.21 bits per heavy atom. The largest absolute Gasteiger partial charge is 0.509 e. The Morgan fingerprint density at radius 2 is 1.74 bits per heavy atom. The van der Waals surface area contributed by atoms with Crippen LogP contribution in [0.1, 0.15) is 33.6 Å². The van der Waals surface area contributed by atoms with Crippen molar-refractivity contribution in [1.29, 1.82) is 0 Å². The Labute approximate surface area is 109 Å². The zero-order valence-corrected chi connectivity index (χ0v) is 10.9. The first-order valence-corrected chi connectivity index (χ1v) is 5.72. The SMILES string of the molecule is CCOC(=O)OC(C)(C)C(=O)ON1C(=O)CCC1=O. The average molecular weight is 273 g/mol. The van der Waals surface area contributed by atoms with Gasteiger partial charge in [0.1, 0.15) is 0 Å². The van der Waals surface area contributed by atoms with E-state index in [2.05, 4.69) is 9.57 Å². The number of amides is 2. The quantitative estimate of drug-likeness (QED) is 0.544. The molecule has 0 aromatic carbocycles. The highest BCUT2D eigenvalue weighted by molar-refractivity contribution is 6.02. The zero-order valence-electron chi connectivity index (χ0n) is 10.9. The number of rotatable bonds is 4. The molecule has 0 radical (unpaired) electrons. The van der Waals surface area contributed by atoms with Crippen LogP contribution in [0.2, 0.25) is 0 Å². The Morgan fingerprint density at radius 3 is 2.21 bits per heavy atom. The number of hydroxylamine groups is 2. The second-order valence-electron chi connectivity index (χ2n) is 4.26. The van der Waals surface area contributed by atoms with Gasteiger partial charge in [0, 0.05) is 12.8 Å². The van der Waals surface area contributed by atoms with Gasteiger partial charge in [0.15, 0.2) is 0 Å². The number of hydrogen-bond acceptors (Lipinski definition) is 7. The lowest BCUT2D eigenvalue weighted by Gasteiger charge is -2.23. The Kier molecular flexibility index (Phi) is 4.47. The van der Waals surface area contributed by atoms with Gasteiger partial charge in [-0.2, -0.15) is 0 Å². The maximum atomic E-state index is 11.8. The molecule has 1 aliphatic rings. The molecular formula is C11H15NO7. The third-order valence-corrected chi connectivity index (χ3v) is 2.27. The fourth-order valence-corrected chi connectivity index (χ4v) is 1.25. The van der Waals surface area contributed by atoms with Gasteiger partial charge in [0.25, 0.3) is 11.8 Å². The van der Waals surface area contributed by atoms with Crippen LogP contribution < -0.4 is 0 Å². The molecule has 0 atom stereocenters. The molecule has 1 aliphatic heterocycles. The van der Waals surface area contributed by atoms with Crippen molar-refractivity contribution in [3.8, 4) is 0 Å². The van der Waals surface area contributed by atoms with E-state index in [0.29, 0.717) is 5.06 Å². The van der Waals surface area contributed by atoms with Gasteiger partial charge in [0.2, 0.25) is 5.60 Å². The lowest BCUT2D eigenvalue weighted by atomic mass is 10.1. The molecular weight excluding hydrogens is 258 g/mol. The van der Waals surface area contributed by atoms with Crippen molar-refractivity contribution in [2.75, 3.05) is 6.61 Å². The van der Waals surface area contributed by atoms with Crippen LogP contribution in [0, 0.1) is 0 Å². The molecule has 106 valence electrons. The molecule has 0 spiro atoms. The van der Waals surface area contributed by atoms with Gasteiger partial charge in [-0.3, -0.25) is 9.59 Å². The minimum absolute atomic E-state index is 0.00866. The van der Waals surface area contributed by atoms with E-state index in [9.17, 15) is 19.2 Å². The highest BCUT2D eigenvalue weighted by Gasteiger charge is 2.40. The predicted octanol–water partition coefficient (Wildman–Crippen LogP) is 0.545. The summed E-state index contributed by atoms with van der Waals surface area (Å²) in [5.74, 6) is -2.25. The molecule has 8 heteroatoms. The smallest absolute Gasteiger partial charge is 0.435 e. The monoisotopic (exact) mass is 273 g/mol. The number of nitrogens with zero attached hydrogens (tertiary/aromatic N) is 1. The van der Waals surface area contributed by atoms with E-state index in [1.165, 1.54) is 13.8 Å². The number of ether oxygens (including phenoxy) is 2. The molecule has 19 heavy (non-hydrogen) atoms. The molecule has 0 aromatic heterocycles. The molecule has 0 unspecified atom stereocenters. The second kappa shape index (κ2) is 5.68. The first kappa shape index (κ1) is 14.9. The molecule has 0 aromatic rings. The van der Waals surface area contributed by atoms with Gasteiger partial charge in [-0.25, -0.2) is 9.59 Å². The molecule has 2 amide bonds. The normalized spacial score (nSPS) is 15.4. The second-order valence-corrected chi connectivity index (χ2v) is 4.26. The van der Waals surface area contributed by atoms with Crippen LogP contribution in [0.3, 0.4) is 0 Å². The summed E-state index contributed by atoms with van der Waals surface area (Å²) < 4.78 is 9.26. The third-order valence-electron chi connectivity index (χ3n) is 2.27. The molecule has 1 rings (SSSR count). The summed E-state index contributed by atoms with van der Waals surface area (Å²) in [6, 6.07) is 0. The number of hydrogen-bond donors (Lipinski definition) is 0. The van der Waals surface area contributed by atoms with Crippen molar-refractivity contribution in [3.05, 3.63) is 0 Å². The van der Waals surface area contributed by atoms with Crippen LogP contribution in [0.4, 0.5) is 4.79 Å². The van der Waals surface area contributed by atoms with Crippen molar-refractivity contribution in [1.82, 2.24) is 5.06 Å². The van der Waals surface area contributed by atoms with Gasteiger partial charge < -0.3 is 14.3 Å². The van der Waals surface area contributed by atoms with Gasteiger partial charge in [-0.15, -0.1) is 5.06 Å². The first-order valence-electron chi connectivity index (χ1n) is 5.72. The van der Waals surface area contributed by atoms with Crippen molar-refractivity contribution < 1.29 is 33.5 Å². The third kappa shape index (κ3) is 3.67. The summed E-state index contributed by atoms with van der Waals surface area (Å²) in [5, 5.41) is 0.387. The summed E-state index contributed by atoms with van der Waals surface area (Å²) >= 11 is 0. The lowest BCUT2D eigenvalue weighted by Crippen LogP contribution is -2.44. The Balaban J connectivity index is 2.63. The van der Waals surface area contributed by atoms with E-state index in [-0.39, 0.29) is 19.4 Å². The van der Waals surface area contributed by atoms with E-state index in [1.807, 2.05) is 0 Å². The summed E-state index contributed by atoms with van der Waals surface area (Å²) in [5.41, 5.74) is -1.67. The van der Waals surface area contributed by atoms with E-state index < -0.39 is 29.5 Å². The van der Waals surface area contributed by atoms with Gasteiger partial charge in [-0.1, -0.05) is 0 Å². The molecule has 0 N–H and O–H groups in total. The number of imide groups is 1. The minimum atomic E-state index is -1.67. The molecule has 0 bridgehead atoms. The van der Waals surface area contributed by atoms with Gasteiger partial charge in [0.05, 0.1) is 6.61 Å². The van der Waals surface area contributed by atoms with Crippen LogP contribution in [-0.4, -0.2) is 41.2 Å². The summed E-state index contributed by atoms with van der Waals surface area (Å²) in [6.45, 7) is 4.19. The molecule has 1 fully saturated rings. The maximum absolute atomic E-state index is 11.8. The highest BCUT2D eigenvalue weighted by atomic mass is 16.8. The van der Waals surface area contributed by atoms with Crippen molar-refractivity contribution >= 4 is 23.9 Å². The summed E-state index contributed by atoms with van der Waals surface area (Å²) in [6.07, 6.45) is -1.06. The standard InChI is InChI=1S/C11H15NO7/c1-4-17-10(16)18-11(2,3)9(15)19-12-7(13)5-6-8(12)14/h4-6H2,1-3H3. The Hall–Kier alpha value is -2.12. The fraction of sp³-hybridized carbons (Fsp3) is 0.636. The first-order chi connectivity index (χ1) is 8.77. The van der Waals surface area contributed by atoms with E-state index in [1.54, 1.807) is 6.92 Å². The van der Waals surface area contributed by atoms with Crippen molar-refractivity contribution in [2.45, 2.75) is 39.2 Å². The predicted molar refractivity (Wildman–Crippen MR) is 59.4 cm³/mol. The lowest BCUT2D eigenvalue weighted by molar-refractivity contribution is -0.209. The summed E-state index contributed by atoms with van der Waals surface area (Å²) in [7, 11) is 0. The molecule has 1 heterocycles. The Bertz CT molecular complexity index is 399. The number of carbonyl (C=O) groups excluding carboxylic acids is 4. The van der Waals surface area contributed by atoms with Crippen LogP contribution in [-0.2, 0) is 28.7 Å². The fourth-order valence-electron chi connectivity index (χ4n) is 1.25.